The lowest BCUT2D eigenvalue weighted by Gasteiger charge is -2.45. The van der Waals surface area contributed by atoms with Gasteiger partial charge in [0.15, 0.2) is 0 Å². The molecule has 1 saturated carbocycles. The maximum Gasteiger partial charge on any atom is 0.271 e. The van der Waals surface area contributed by atoms with Crippen LogP contribution in [-0.4, -0.2) is 39.4 Å². The highest BCUT2D eigenvalue weighted by Crippen LogP contribution is 2.35. The van der Waals surface area contributed by atoms with E-state index in [1.165, 1.54) is 12.8 Å². The summed E-state index contributed by atoms with van der Waals surface area (Å²) < 4.78 is 3.16. The summed E-state index contributed by atoms with van der Waals surface area (Å²) in [5.41, 5.74) is 0.914. The van der Waals surface area contributed by atoms with Crippen molar-refractivity contribution in [3.63, 3.8) is 0 Å². The molecule has 27 heavy (non-hydrogen) atoms. The Morgan fingerprint density at radius 3 is 2.89 bits per heavy atom. The highest BCUT2D eigenvalue weighted by Gasteiger charge is 2.48. The summed E-state index contributed by atoms with van der Waals surface area (Å²) in [7, 11) is 0. The van der Waals surface area contributed by atoms with Gasteiger partial charge in [0.25, 0.3) is 5.91 Å². The Kier molecular flexibility index (Phi) is 4.78. The van der Waals surface area contributed by atoms with Gasteiger partial charge < -0.3 is 14.8 Å². The van der Waals surface area contributed by atoms with Gasteiger partial charge in [-0.2, -0.15) is 0 Å². The summed E-state index contributed by atoms with van der Waals surface area (Å²) in [6.45, 7) is 7.33. The first-order chi connectivity index (χ1) is 13.0. The van der Waals surface area contributed by atoms with Gasteiger partial charge in [-0.05, 0) is 49.6 Å². The molecule has 6 heteroatoms. The van der Waals surface area contributed by atoms with Gasteiger partial charge in [-0.1, -0.05) is 26.7 Å². The average molecular weight is 388 g/mol. The summed E-state index contributed by atoms with van der Waals surface area (Å²) in [5.74, 6) is 0.461. The first-order valence-corrected chi connectivity index (χ1v) is 11.0. The van der Waals surface area contributed by atoms with Crippen molar-refractivity contribution in [3.8, 4) is 0 Å². The maximum atomic E-state index is 13.5. The van der Waals surface area contributed by atoms with Gasteiger partial charge in [0.2, 0.25) is 5.91 Å². The molecule has 0 radical (unpaired) electrons. The molecule has 2 aliphatic rings. The van der Waals surface area contributed by atoms with E-state index < -0.39 is 5.54 Å². The molecule has 3 heterocycles. The standard InChI is InChI=1S/C21H29N3O2S/c1-4-10-24-19(25)17-12-18-16(9-11-27-18)23(17)13-21(24,3)20(26)22-15-8-6-5-7-14(15)2/h9,11-12,14-15H,4-8,10,13H2,1-3H3,(H,22,26). The monoisotopic (exact) mass is 387 g/mol. The molecule has 146 valence electrons. The van der Waals surface area contributed by atoms with Crippen molar-refractivity contribution in [1.82, 2.24) is 14.8 Å². The van der Waals surface area contributed by atoms with Crippen molar-refractivity contribution in [2.45, 2.75) is 71.0 Å². The lowest BCUT2D eigenvalue weighted by atomic mass is 9.85. The number of amides is 2. The van der Waals surface area contributed by atoms with Crippen LogP contribution in [0.15, 0.2) is 17.5 Å². The molecule has 2 aromatic rings. The molecule has 3 unspecified atom stereocenters. The lowest BCUT2D eigenvalue weighted by molar-refractivity contribution is -0.134. The van der Waals surface area contributed by atoms with E-state index in [4.69, 9.17) is 0 Å². The van der Waals surface area contributed by atoms with Crippen molar-refractivity contribution in [2.24, 2.45) is 5.92 Å². The van der Waals surface area contributed by atoms with Gasteiger partial charge in [-0.3, -0.25) is 9.59 Å². The molecule has 0 saturated heterocycles. The summed E-state index contributed by atoms with van der Waals surface area (Å²) in [6.07, 6.45) is 5.45. The zero-order valence-electron chi connectivity index (χ0n) is 16.5. The normalized spacial score (nSPS) is 28.4. The SMILES string of the molecule is CCCN1C(=O)c2cc3sccc3n2CC1(C)C(=O)NC1CCCCC1C. The zero-order valence-corrected chi connectivity index (χ0v) is 17.3. The summed E-state index contributed by atoms with van der Waals surface area (Å²) >= 11 is 1.64. The second kappa shape index (κ2) is 6.97. The zero-order chi connectivity index (χ0) is 19.2. The Morgan fingerprint density at radius 1 is 1.37 bits per heavy atom. The fourth-order valence-corrected chi connectivity index (χ4v) is 5.52. The first-order valence-electron chi connectivity index (χ1n) is 10.2. The van der Waals surface area contributed by atoms with Gasteiger partial charge in [-0.15, -0.1) is 11.3 Å². The minimum Gasteiger partial charge on any atom is -0.351 e. The van der Waals surface area contributed by atoms with Crippen LogP contribution in [0, 0.1) is 5.92 Å². The molecular formula is C21H29N3O2S. The van der Waals surface area contributed by atoms with Crippen molar-refractivity contribution in [2.75, 3.05) is 6.54 Å². The second-order valence-electron chi connectivity index (χ2n) is 8.36. The molecule has 2 amide bonds. The number of carbonyl (C=O) groups excluding carboxylic acids is 2. The minimum atomic E-state index is -0.856. The highest BCUT2D eigenvalue weighted by atomic mass is 32.1. The molecule has 1 aliphatic carbocycles. The third kappa shape index (κ3) is 2.98. The Balaban J connectivity index is 1.68. The lowest BCUT2D eigenvalue weighted by Crippen LogP contribution is -2.65. The summed E-state index contributed by atoms with van der Waals surface area (Å²) in [6, 6.07) is 4.24. The van der Waals surface area contributed by atoms with Gasteiger partial charge in [0.1, 0.15) is 11.2 Å². The van der Waals surface area contributed by atoms with Crippen LogP contribution in [0.3, 0.4) is 0 Å². The Labute approximate surface area is 164 Å². The Hall–Kier alpha value is -1.82. The van der Waals surface area contributed by atoms with Gasteiger partial charge in [0.05, 0.1) is 16.8 Å². The van der Waals surface area contributed by atoms with Crippen molar-refractivity contribution in [3.05, 3.63) is 23.2 Å². The largest absolute Gasteiger partial charge is 0.351 e. The number of carbonyl (C=O) groups is 2. The minimum absolute atomic E-state index is 0.00854. The third-order valence-electron chi connectivity index (χ3n) is 6.41. The van der Waals surface area contributed by atoms with Crippen molar-refractivity contribution < 1.29 is 9.59 Å². The second-order valence-corrected chi connectivity index (χ2v) is 9.31. The molecule has 4 rings (SSSR count). The number of nitrogens with one attached hydrogen (secondary N) is 1. The number of thiophene rings is 1. The molecule has 5 nitrogen and oxygen atoms in total. The van der Waals surface area contributed by atoms with Gasteiger partial charge in [-0.25, -0.2) is 0 Å². The average Bonchev–Trinajstić information content (AvgIpc) is 3.23. The smallest absolute Gasteiger partial charge is 0.271 e. The summed E-state index contributed by atoms with van der Waals surface area (Å²) in [5, 5.41) is 5.35. The number of hydrogen-bond acceptors (Lipinski definition) is 3. The van der Waals surface area contributed by atoms with Crippen molar-refractivity contribution in [1.29, 1.82) is 0 Å². The van der Waals surface area contributed by atoms with Gasteiger partial charge >= 0.3 is 0 Å². The number of aromatic nitrogens is 1. The molecule has 1 fully saturated rings. The Bertz CT molecular complexity index is 870. The van der Waals surface area contributed by atoms with E-state index in [0.717, 1.165) is 29.5 Å². The fourth-order valence-electron chi connectivity index (χ4n) is 4.70. The molecule has 0 spiro atoms. The van der Waals surface area contributed by atoms with Crippen LogP contribution < -0.4 is 5.32 Å². The number of nitrogens with zero attached hydrogens (tertiary/aromatic N) is 2. The summed E-state index contributed by atoms with van der Waals surface area (Å²) in [4.78, 5) is 28.5. The number of rotatable bonds is 4. The molecule has 2 aromatic heterocycles. The molecular weight excluding hydrogens is 358 g/mol. The topological polar surface area (TPSA) is 54.3 Å². The highest BCUT2D eigenvalue weighted by molar-refractivity contribution is 7.17. The van der Waals surface area contributed by atoms with E-state index in [2.05, 4.69) is 19.2 Å². The van der Waals surface area contributed by atoms with Crippen LogP contribution >= 0.6 is 11.3 Å². The maximum absolute atomic E-state index is 13.5. The van der Waals surface area contributed by atoms with E-state index in [0.29, 0.717) is 24.7 Å². The predicted molar refractivity (Wildman–Crippen MR) is 109 cm³/mol. The molecule has 3 atom stereocenters. The van der Waals surface area contributed by atoms with E-state index in [-0.39, 0.29) is 17.9 Å². The molecule has 0 aromatic carbocycles. The Morgan fingerprint density at radius 2 is 2.15 bits per heavy atom. The van der Waals surface area contributed by atoms with Crippen molar-refractivity contribution >= 4 is 33.4 Å². The van der Waals surface area contributed by atoms with Gasteiger partial charge in [0, 0.05) is 12.6 Å². The van der Waals surface area contributed by atoms with E-state index >= 15 is 0 Å². The molecule has 1 aliphatic heterocycles. The third-order valence-corrected chi connectivity index (χ3v) is 7.27. The quantitative estimate of drug-likeness (QED) is 0.861. The molecule has 1 N–H and O–H groups in total. The molecule has 0 bridgehead atoms. The van der Waals surface area contributed by atoms with Crippen LogP contribution in [0.2, 0.25) is 0 Å². The van der Waals surface area contributed by atoms with E-state index in [1.54, 1.807) is 16.2 Å². The van der Waals surface area contributed by atoms with E-state index in [9.17, 15) is 9.59 Å². The predicted octanol–water partition coefficient (Wildman–Crippen LogP) is 4.02. The number of fused-ring (bicyclic) bond motifs is 3. The van der Waals surface area contributed by atoms with E-state index in [1.807, 2.05) is 29.0 Å². The van der Waals surface area contributed by atoms with Crippen LogP contribution in [-0.2, 0) is 11.3 Å². The fraction of sp³-hybridized carbons (Fsp3) is 0.619. The first kappa shape index (κ1) is 18.5. The number of hydrogen-bond donors (Lipinski definition) is 1. The van der Waals surface area contributed by atoms with Crippen LogP contribution in [0.25, 0.3) is 10.2 Å². The van der Waals surface area contributed by atoms with Crippen LogP contribution in [0.1, 0.15) is 63.4 Å². The van der Waals surface area contributed by atoms with Crippen LogP contribution in [0.4, 0.5) is 0 Å². The van der Waals surface area contributed by atoms with Crippen LogP contribution in [0.5, 0.6) is 0 Å².